The van der Waals surface area contributed by atoms with Crippen molar-refractivity contribution >= 4 is 62.5 Å². The molecule has 194 valence electrons. The fourth-order valence-electron chi connectivity index (χ4n) is 3.91. The Morgan fingerprint density at radius 2 is 1.54 bits per heavy atom. The van der Waals surface area contributed by atoms with Crippen molar-refractivity contribution in [2.75, 3.05) is 22.6 Å². The first-order chi connectivity index (χ1) is 18.9. The summed E-state index contributed by atoms with van der Waals surface area (Å²) in [6.07, 6.45) is 0. The highest BCUT2D eigenvalue weighted by Crippen LogP contribution is 2.39. The molecule has 0 saturated heterocycles. The number of carbonyl (C=O) groups is 3. The summed E-state index contributed by atoms with van der Waals surface area (Å²) in [4.78, 5) is 41.9. The minimum absolute atomic E-state index is 0.168. The van der Waals surface area contributed by atoms with Gasteiger partial charge in [-0.1, -0.05) is 52.0 Å². The third kappa shape index (κ3) is 5.89. The van der Waals surface area contributed by atoms with Crippen LogP contribution in [-0.2, 0) is 9.59 Å². The predicted octanol–water partition coefficient (Wildman–Crippen LogP) is 6.70. The standard InChI is InChI=1S/C30H22BrN3O4S/c1-38-24-16-14-23(15-17-24)34-29(36)26(32-21-12-10-20(31)11-13-21)27(30(34)37)39-25-9-5-8-22(18-25)33-28(35)19-6-3-2-4-7-19/h2-18,32H,1H3,(H,33,35). The van der Waals surface area contributed by atoms with Crippen LogP contribution in [0.15, 0.2) is 123 Å². The van der Waals surface area contributed by atoms with E-state index < -0.39 is 11.8 Å². The molecule has 0 aromatic heterocycles. The van der Waals surface area contributed by atoms with Gasteiger partial charge >= 0.3 is 0 Å². The van der Waals surface area contributed by atoms with E-state index in [1.807, 2.05) is 36.4 Å². The number of halogens is 1. The number of thioether (sulfide) groups is 1. The summed E-state index contributed by atoms with van der Waals surface area (Å²) in [6.45, 7) is 0. The topological polar surface area (TPSA) is 87.7 Å². The molecule has 9 heteroatoms. The van der Waals surface area contributed by atoms with Crippen molar-refractivity contribution < 1.29 is 19.1 Å². The Bertz CT molecular complexity index is 1570. The van der Waals surface area contributed by atoms with Crippen LogP contribution in [0.5, 0.6) is 5.75 Å². The number of benzene rings is 4. The minimum atomic E-state index is -0.468. The first-order valence-electron chi connectivity index (χ1n) is 11.9. The maximum atomic E-state index is 13.7. The van der Waals surface area contributed by atoms with E-state index in [1.165, 1.54) is 0 Å². The number of carbonyl (C=O) groups excluding carboxylic acids is 3. The van der Waals surface area contributed by atoms with Gasteiger partial charge in [-0.25, -0.2) is 4.90 Å². The highest BCUT2D eigenvalue weighted by molar-refractivity contribution is 9.10. The molecule has 1 aliphatic rings. The van der Waals surface area contributed by atoms with Crippen molar-refractivity contribution in [2.45, 2.75) is 4.90 Å². The van der Waals surface area contributed by atoms with Crippen LogP contribution in [0.3, 0.4) is 0 Å². The van der Waals surface area contributed by atoms with Crippen molar-refractivity contribution in [1.29, 1.82) is 0 Å². The lowest BCUT2D eigenvalue weighted by Crippen LogP contribution is -2.32. The highest BCUT2D eigenvalue weighted by atomic mass is 79.9. The molecule has 5 rings (SSSR count). The van der Waals surface area contributed by atoms with Crippen molar-refractivity contribution in [3.8, 4) is 5.75 Å². The normalized spacial score (nSPS) is 13.0. The Morgan fingerprint density at radius 1 is 0.821 bits per heavy atom. The Kier molecular flexibility index (Phi) is 7.81. The maximum absolute atomic E-state index is 13.7. The zero-order valence-corrected chi connectivity index (χ0v) is 23.1. The number of hydrogen-bond acceptors (Lipinski definition) is 6. The fourth-order valence-corrected chi connectivity index (χ4v) is 5.16. The van der Waals surface area contributed by atoms with Gasteiger partial charge in [0.05, 0.1) is 12.8 Å². The van der Waals surface area contributed by atoms with Crippen molar-refractivity contribution in [1.82, 2.24) is 0 Å². The predicted molar refractivity (Wildman–Crippen MR) is 157 cm³/mol. The summed E-state index contributed by atoms with van der Waals surface area (Å²) in [5.74, 6) is -0.548. The molecule has 39 heavy (non-hydrogen) atoms. The maximum Gasteiger partial charge on any atom is 0.283 e. The molecule has 3 amide bonds. The zero-order chi connectivity index (χ0) is 27.4. The number of nitrogens with one attached hydrogen (secondary N) is 2. The van der Waals surface area contributed by atoms with Gasteiger partial charge < -0.3 is 15.4 Å². The van der Waals surface area contributed by atoms with E-state index in [2.05, 4.69) is 26.6 Å². The van der Waals surface area contributed by atoms with E-state index in [1.54, 1.807) is 73.8 Å². The summed E-state index contributed by atoms with van der Waals surface area (Å²) in [6, 6.07) is 30.1. The first-order valence-corrected chi connectivity index (χ1v) is 13.5. The number of methoxy groups -OCH3 is 1. The van der Waals surface area contributed by atoms with Gasteiger partial charge in [-0.15, -0.1) is 0 Å². The molecule has 0 fully saturated rings. The second-order valence-electron chi connectivity index (χ2n) is 8.43. The van der Waals surface area contributed by atoms with Gasteiger partial charge in [-0.2, -0.15) is 0 Å². The van der Waals surface area contributed by atoms with Gasteiger partial charge in [0, 0.05) is 26.3 Å². The van der Waals surface area contributed by atoms with Gasteiger partial charge in [-0.3, -0.25) is 14.4 Å². The van der Waals surface area contributed by atoms with Crippen LogP contribution in [0.4, 0.5) is 17.1 Å². The molecule has 0 spiro atoms. The third-order valence-corrected chi connectivity index (χ3v) is 7.43. The summed E-state index contributed by atoms with van der Waals surface area (Å²) in [5.41, 5.74) is 2.36. The monoisotopic (exact) mass is 599 g/mol. The summed E-state index contributed by atoms with van der Waals surface area (Å²) < 4.78 is 6.10. The SMILES string of the molecule is COc1ccc(N2C(=O)C(Nc3ccc(Br)cc3)=C(Sc3cccc(NC(=O)c4ccccc4)c3)C2=O)cc1. The Balaban J connectivity index is 1.45. The number of amides is 3. The van der Waals surface area contributed by atoms with Gasteiger partial charge in [0.15, 0.2) is 0 Å². The van der Waals surface area contributed by atoms with Crippen LogP contribution < -0.4 is 20.3 Å². The van der Waals surface area contributed by atoms with Gasteiger partial charge in [0.1, 0.15) is 16.4 Å². The van der Waals surface area contributed by atoms with Crippen LogP contribution in [0, 0.1) is 0 Å². The molecule has 0 aliphatic carbocycles. The van der Waals surface area contributed by atoms with Crippen molar-refractivity contribution in [2.24, 2.45) is 0 Å². The zero-order valence-electron chi connectivity index (χ0n) is 20.7. The molecule has 1 heterocycles. The average molecular weight is 600 g/mol. The van der Waals surface area contributed by atoms with E-state index in [-0.39, 0.29) is 16.5 Å². The van der Waals surface area contributed by atoms with Gasteiger partial charge in [0.25, 0.3) is 17.7 Å². The van der Waals surface area contributed by atoms with Crippen molar-refractivity contribution in [3.63, 3.8) is 0 Å². The lowest BCUT2D eigenvalue weighted by Gasteiger charge is -2.15. The van der Waals surface area contributed by atoms with Crippen LogP contribution in [-0.4, -0.2) is 24.8 Å². The van der Waals surface area contributed by atoms with Crippen LogP contribution in [0.1, 0.15) is 10.4 Å². The Labute approximate surface area is 238 Å². The molecule has 7 nitrogen and oxygen atoms in total. The largest absolute Gasteiger partial charge is 0.497 e. The molecule has 1 aliphatic heterocycles. The third-order valence-electron chi connectivity index (χ3n) is 5.83. The Morgan fingerprint density at radius 3 is 2.23 bits per heavy atom. The van der Waals surface area contributed by atoms with Crippen LogP contribution >= 0.6 is 27.7 Å². The first kappa shape index (κ1) is 26.3. The van der Waals surface area contributed by atoms with Gasteiger partial charge in [-0.05, 0) is 78.9 Å². The molecular formula is C30H22BrN3O4S. The molecule has 4 aromatic carbocycles. The summed E-state index contributed by atoms with van der Waals surface area (Å²) in [5, 5.41) is 6.02. The second-order valence-corrected chi connectivity index (χ2v) is 10.4. The number of hydrogen-bond donors (Lipinski definition) is 2. The van der Waals surface area contributed by atoms with E-state index in [0.29, 0.717) is 33.3 Å². The summed E-state index contributed by atoms with van der Waals surface area (Å²) in [7, 11) is 1.55. The molecule has 0 unspecified atom stereocenters. The number of nitrogens with zero attached hydrogens (tertiary/aromatic N) is 1. The molecular weight excluding hydrogens is 578 g/mol. The van der Waals surface area contributed by atoms with E-state index in [4.69, 9.17) is 4.74 Å². The molecule has 4 aromatic rings. The smallest absolute Gasteiger partial charge is 0.283 e. The van der Waals surface area contributed by atoms with E-state index >= 15 is 0 Å². The second kappa shape index (κ2) is 11.6. The van der Waals surface area contributed by atoms with Crippen LogP contribution in [0.2, 0.25) is 0 Å². The summed E-state index contributed by atoms with van der Waals surface area (Å²) >= 11 is 4.57. The molecule has 0 atom stereocenters. The van der Waals surface area contributed by atoms with E-state index in [0.717, 1.165) is 21.1 Å². The minimum Gasteiger partial charge on any atom is -0.497 e. The fraction of sp³-hybridized carbons (Fsp3) is 0.0333. The lowest BCUT2D eigenvalue weighted by atomic mass is 10.2. The molecule has 0 bridgehead atoms. The molecule has 2 N–H and O–H groups in total. The number of anilines is 3. The average Bonchev–Trinajstić information content (AvgIpc) is 3.18. The highest BCUT2D eigenvalue weighted by Gasteiger charge is 2.40. The van der Waals surface area contributed by atoms with Crippen LogP contribution in [0.25, 0.3) is 0 Å². The number of imide groups is 1. The lowest BCUT2D eigenvalue weighted by molar-refractivity contribution is -0.120. The number of ether oxygens (including phenoxy) is 1. The van der Waals surface area contributed by atoms with Gasteiger partial charge in [0.2, 0.25) is 0 Å². The molecule has 0 saturated carbocycles. The van der Waals surface area contributed by atoms with E-state index in [9.17, 15) is 14.4 Å². The quantitative estimate of drug-likeness (QED) is 0.219. The molecule has 0 radical (unpaired) electrons. The number of rotatable bonds is 8. The van der Waals surface area contributed by atoms with Crippen molar-refractivity contribution in [3.05, 3.63) is 124 Å². The Hall–Kier alpha value is -4.34.